The van der Waals surface area contributed by atoms with E-state index < -0.39 is 46.2 Å². The topological polar surface area (TPSA) is 193 Å². The van der Waals surface area contributed by atoms with Gasteiger partial charge < -0.3 is 35.3 Å². The molecule has 5 N–H and O–H groups in total. The van der Waals surface area contributed by atoms with Gasteiger partial charge in [0.25, 0.3) is 5.91 Å². The molecule has 14 nitrogen and oxygen atoms in total. The zero-order chi connectivity index (χ0) is 41.3. The van der Waals surface area contributed by atoms with Crippen LogP contribution in [0.3, 0.4) is 0 Å². The third-order valence-electron chi connectivity index (χ3n) is 9.58. The minimum atomic E-state index is -4.67. The van der Waals surface area contributed by atoms with Gasteiger partial charge in [0.2, 0.25) is 11.8 Å². The van der Waals surface area contributed by atoms with Gasteiger partial charge in [-0.3, -0.25) is 23.2 Å². The van der Waals surface area contributed by atoms with Gasteiger partial charge in [0.1, 0.15) is 6.04 Å². The first-order chi connectivity index (χ1) is 26.6. The van der Waals surface area contributed by atoms with Crippen LogP contribution in [0.25, 0.3) is 0 Å². The van der Waals surface area contributed by atoms with Crippen LogP contribution in [-0.2, 0) is 53.9 Å². The zero-order valence-corrected chi connectivity index (χ0v) is 34.0. The lowest BCUT2D eigenvalue weighted by Gasteiger charge is -2.31. The van der Waals surface area contributed by atoms with Crippen molar-refractivity contribution in [2.45, 2.75) is 78.5 Å². The quantitative estimate of drug-likeness (QED) is 0.0646. The van der Waals surface area contributed by atoms with E-state index >= 15 is 0 Å². The average Bonchev–Trinajstić information content (AvgIpc) is 3.18. The number of hydrogen-bond acceptors (Lipinski definition) is 9. The summed E-state index contributed by atoms with van der Waals surface area (Å²) in [4.78, 5) is 41.2. The fourth-order valence-corrected chi connectivity index (χ4v) is 6.25. The van der Waals surface area contributed by atoms with E-state index in [-0.39, 0.29) is 61.8 Å². The number of methoxy groups -OCH3 is 1. The normalized spacial score (nSPS) is 14.3. The number of benzene rings is 3. The Kier molecular flexibility index (Phi) is 18.9. The summed E-state index contributed by atoms with van der Waals surface area (Å²) in [6.45, 7) is 8.43. The van der Waals surface area contributed by atoms with Crippen molar-refractivity contribution in [3.63, 3.8) is 0 Å². The first-order valence-electron chi connectivity index (χ1n) is 18.8. The lowest BCUT2D eigenvalue weighted by molar-refractivity contribution is -0.134. The summed E-state index contributed by atoms with van der Waals surface area (Å²) >= 11 is 0. The van der Waals surface area contributed by atoms with Gasteiger partial charge in [0.05, 0.1) is 50.9 Å². The molecule has 0 heterocycles. The van der Waals surface area contributed by atoms with Crippen molar-refractivity contribution in [1.82, 2.24) is 16.0 Å². The number of nitrogens with zero attached hydrogens (tertiary/aromatic N) is 1. The predicted octanol–water partition coefficient (Wildman–Crippen LogP) is 4.27. The van der Waals surface area contributed by atoms with E-state index in [9.17, 15) is 32.5 Å². The smallest absolute Gasteiger partial charge is 0.359 e. The largest absolute Gasteiger partial charge is 0.391 e. The van der Waals surface area contributed by atoms with E-state index in [1.807, 2.05) is 88.4 Å². The number of amides is 3. The summed E-state index contributed by atoms with van der Waals surface area (Å²) in [6, 6.07) is 21.2. The Morgan fingerprint density at radius 1 is 0.821 bits per heavy atom. The summed E-state index contributed by atoms with van der Waals surface area (Å²) in [7, 11) is -2.01. The van der Waals surface area contributed by atoms with E-state index in [1.54, 1.807) is 0 Å². The highest BCUT2D eigenvalue weighted by atomic mass is 32.2. The highest BCUT2D eigenvalue weighted by Crippen LogP contribution is 2.24. The Hall–Kier alpha value is -4.38. The molecule has 3 amide bonds. The molecule has 0 spiro atoms. The Morgan fingerprint density at radius 3 is 2.04 bits per heavy atom. The molecule has 15 heteroatoms. The van der Waals surface area contributed by atoms with Gasteiger partial charge in [-0.15, -0.1) is 0 Å². The molecule has 1 unspecified atom stereocenters. The predicted molar refractivity (Wildman–Crippen MR) is 214 cm³/mol. The van der Waals surface area contributed by atoms with E-state index in [4.69, 9.17) is 14.2 Å². The van der Waals surface area contributed by atoms with Gasteiger partial charge in [0.15, 0.2) is 0 Å². The molecule has 0 bridgehead atoms. The number of carbonyl (C=O) groups is 3. The second-order valence-electron chi connectivity index (χ2n) is 14.2. The molecule has 56 heavy (non-hydrogen) atoms. The number of rotatable bonds is 24. The first-order valence-corrected chi connectivity index (χ1v) is 20.2. The van der Waals surface area contributed by atoms with E-state index in [1.165, 1.54) is 25.3 Å². The summed E-state index contributed by atoms with van der Waals surface area (Å²) < 4.78 is 51.0. The molecule has 0 fully saturated rings. The number of aliphatic hydroxyl groups excluding tert-OH is 1. The third kappa shape index (κ3) is 14.9. The zero-order valence-electron chi connectivity index (χ0n) is 33.1. The van der Waals surface area contributed by atoms with Gasteiger partial charge in [-0.25, -0.2) is 0 Å². The number of ether oxygens (including phenoxy) is 3. The standard InChI is InChI=1S/C41H58N4O10S/c1-7-29(4)38(41(49)42-24-30-14-10-8-11-15-30)44-40(48)35(28(2)3)23-37(46)36(27-55-25-31-16-12-9-13-17-31)43-39(47)33-20-32(26-54-19-18-53-6)21-34(22-33)45(5)56(50,51)52/h8-17,20-22,28-29,35-38,46H,7,18-19,23-27H2,1-6H3,(H,42,49)(H,43,47)(H,44,48)(H,50,51,52)/t29?,35-,36-,37-,38-/m0/s1. The molecule has 0 aliphatic heterocycles. The number of aliphatic hydroxyl groups is 1. The van der Waals surface area contributed by atoms with E-state index in [0.29, 0.717) is 29.4 Å². The summed E-state index contributed by atoms with van der Waals surface area (Å²) in [5.41, 5.74) is 2.26. The maximum Gasteiger partial charge on any atom is 0.359 e. The molecule has 0 saturated heterocycles. The van der Waals surface area contributed by atoms with Gasteiger partial charge in [-0.05, 0) is 53.1 Å². The van der Waals surface area contributed by atoms with E-state index in [2.05, 4.69) is 16.0 Å². The number of hydrogen-bond donors (Lipinski definition) is 5. The SMILES string of the molecule is CCC(C)[C@H](NC(=O)[C@@H](C[C@H](O)[C@H](COCc1ccccc1)NC(=O)c1cc(COCCOC)cc(N(C)S(=O)(=O)O)c1)C(C)C)C(=O)NCc1ccccc1. The molecule has 308 valence electrons. The van der Waals surface area contributed by atoms with Crippen molar-refractivity contribution in [2.75, 3.05) is 38.3 Å². The fourth-order valence-electron chi connectivity index (χ4n) is 5.88. The second-order valence-corrected chi connectivity index (χ2v) is 15.6. The van der Waals surface area contributed by atoms with Crippen molar-refractivity contribution < 1.29 is 46.7 Å². The molecule has 5 atom stereocenters. The maximum atomic E-state index is 13.9. The van der Waals surface area contributed by atoms with Crippen molar-refractivity contribution in [3.05, 3.63) is 101 Å². The Bertz CT molecular complexity index is 1780. The summed E-state index contributed by atoms with van der Waals surface area (Å²) in [5, 5.41) is 20.4. The molecule has 3 aromatic carbocycles. The van der Waals surface area contributed by atoms with Crippen LogP contribution in [0.4, 0.5) is 5.69 Å². The lowest BCUT2D eigenvalue weighted by Crippen LogP contribution is -2.53. The molecular weight excluding hydrogens is 741 g/mol. The maximum absolute atomic E-state index is 13.9. The van der Waals surface area contributed by atoms with Gasteiger partial charge in [0, 0.05) is 32.2 Å². The van der Waals surface area contributed by atoms with Crippen molar-refractivity contribution in [2.24, 2.45) is 17.8 Å². The number of anilines is 1. The first kappa shape index (κ1) is 46.0. The van der Waals surface area contributed by atoms with Crippen LogP contribution in [0, 0.1) is 17.8 Å². The average molecular weight is 799 g/mol. The van der Waals surface area contributed by atoms with Crippen molar-refractivity contribution in [1.29, 1.82) is 0 Å². The number of nitrogens with one attached hydrogen (secondary N) is 3. The van der Waals surface area contributed by atoms with Crippen LogP contribution in [0.15, 0.2) is 78.9 Å². The van der Waals surface area contributed by atoms with Gasteiger partial charge in [-0.2, -0.15) is 8.42 Å². The van der Waals surface area contributed by atoms with Crippen LogP contribution in [0.2, 0.25) is 0 Å². The third-order valence-corrected chi connectivity index (χ3v) is 10.5. The van der Waals surface area contributed by atoms with Gasteiger partial charge >= 0.3 is 10.3 Å². The molecular formula is C41H58N4O10S. The highest BCUT2D eigenvalue weighted by molar-refractivity contribution is 7.87. The number of carbonyl (C=O) groups excluding carboxylic acids is 3. The summed E-state index contributed by atoms with van der Waals surface area (Å²) in [5.74, 6) is -2.59. The monoisotopic (exact) mass is 798 g/mol. The highest BCUT2D eigenvalue weighted by Gasteiger charge is 2.34. The van der Waals surface area contributed by atoms with Crippen LogP contribution < -0.4 is 20.3 Å². The van der Waals surface area contributed by atoms with Crippen LogP contribution in [0.1, 0.15) is 67.6 Å². The molecule has 3 aromatic rings. The van der Waals surface area contributed by atoms with Crippen molar-refractivity contribution >= 4 is 33.7 Å². The Balaban J connectivity index is 1.86. The second kappa shape index (κ2) is 23.0. The minimum absolute atomic E-state index is 0.00290. The molecule has 0 aliphatic carbocycles. The van der Waals surface area contributed by atoms with Crippen molar-refractivity contribution in [3.8, 4) is 0 Å². The molecule has 3 rings (SSSR count). The van der Waals surface area contributed by atoms with Crippen LogP contribution in [0.5, 0.6) is 0 Å². The van der Waals surface area contributed by atoms with Gasteiger partial charge in [-0.1, -0.05) is 94.8 Å². The summed E-state index contributed by atoms with van der Waals surface area (Å²) in [6.07, 6.45) is -0.734. The van der Waals surface area contributed by atoms with Crippen LogP contribution >= 0.6 is 0 Å². The molecule has 0 aliphatic rings. The minimum Gasteiger partial charge on any atom is -0.391 e. The lowest BCUT2D eigenvalue weighted by atomic mass is 9.86. The fraction of sp³-hybridized carbons (Fsp3) is 0.488. The van der Waals surface area contributed by atoms with E-state index in [0.717, 1.165) is 18.2 Å². The Labute approximate surface area is 331 Å². The van der Waals surface area contributed by atoms with Crippen LogP contribution in [-0.4, -0.2) is 88.0 Å². The molecule has 0 aromatic heterocycles. The molecule has 0 radical (unpaired) electrons. The Morgan fingerprint density at radius 2 is 1.45 bits per heavy atom. The molecule has 0 saturated carbocycles.